The van der Waals surface area contributed by atoms with Gasteiger partial charge in [0.2, 0.25) is 0 Å². The lowest BCUT2D eigenvalue weighted by Gasteiger charge is -2.31. The molecule has 0 fully saturated rings. The molecule has 0 bridgehead atoms. The summed E-state index contributed by atoms with van der Waals surface area (Å²) in [5.74, 6) is -3.18. The van der Waals surface area contributed by atoms with Crippen molar-refractivity contribution in [3.05, 3.63) is 108 Å². The molecule has 0 saturated heterocycles. The number of allylic oxidation sites excluding steroid dienone is 6. The van der Waals surface area contributed by atoms with Crippen molar-refractivity contribution in [2.24, 2.45) is 23.7 Å². The molecule has 0 aliphatic heterocycles. The summed E-state index contributed by atoms with van der Waals surface area (Å²) < 4.78 is 0. The second kappa shape index (κ2) is 7.34. The van der Waals surface area contributed by atoms with Crippen molar-refractivity contribution in [3.8, 4) is 11.1 Å². The lowest BCUT2D eigenvalue weighted by atomic mass is 9.69. The van der Waals surface area contributed by atoms with Gasteiger partial charge in [0, 0.05) is 22.3 Å². The van der Waals surface area contributed by atoms with Crippen molar-refractivity contribution in [2.75, 3.05) is 0 Å². The van der Waals surface area contributed by atoms with Gasteiger partial charge >= 0.3 is 0 Å². The molecular weight excluding hydrogens is 400 g/mol. The predicted octanol–water partition coefficient (Wildman–Crippen LogP) is 5.07. The number of rotatable bonds is 3. The van der Waals surface area contributed by atoms with Crippen LogP contribution in [0.25, 0.3) is 11.1 Å². The number of hydrogen-bond donors (Lipinski definition) is 0. The topological polar surface area (TPSA) is 68.3 Å². The summed E-state index contributed by atoms with van der Waals surface area (Å²) >= 11 is 0. The summed E-state index contributed by atoms with van der Waals surface area (Å²) in [7, 11) is 0. The first-order valence-corrected chi connectivity index (χ1v) is 10.5. The van der Waals surface area contributed by atoms with Crippen LogP contribution in [-0.2, 0) is 0 Å². The Bertz CT molecular complexity index is 1230. The van der Waals surface area contributed by atoms with Crippen LogP contribution in [0.4, 0.5) is 0 Å². The molecule has 4 heteroatoms. The summed E-state index contributed by atoms with van der Waals surface area (Å²) in [6.45, 7) is 7.47. The highest BCUT2D eigenvalue weighted by atomic mass is 16.1. The average Bonchev–Trinajstić information content (AvgIpc) is 2.83. The third-order valence-corrected chi connectivity index (χ3v) is 6.68. The minimum atomic E-state index is -0.721. The first-order chi connectivity index (χ1) is 15.5. The van der Waals surface area contributed by atoms with E-state index in [4.69, 9.17) is 0 Å². The number of ketones is 4. The Morgan fingerprint density at radius 2 is 1.00 bits per heavy atom. The zero-order valence-corrected chi connectivity index (χ0v) is 17.3. The van der Waals surface area contributed by atoms with E-state index in [1.807, 2.05) is 0 Å². The molecule has 0 saturated carbocycles. The van der Waals surface area contributed by atoms with Crippen molar-refractivity contribution in [3.63, 3.8) is 0 Å². The Morgan fingerprint density at radius 1 is 0.562 bits per heavy atom. The number of benzene rings is 2. The van der Waals surface area contributed by atoms with Crippen LogP contribution < -0.4 is 0 Å². The monoisotopic (exact) mass is 420 g/mol. The molecular formula is C28H20O4. The van der Waals surface area contributed by atoms with E-state index < -0.39 is 23.7 Å². The van der Waals surface area contributed by atoms with Gasteiger partial charge in [0.25, 0.3) is 0 Å². The molecule has 2 aromatic rings. The molecule has 0 spiro atoms. The minimum absolute atomic E-state index is 0.116. The molecule has 3 aliphatic rings. The quantitative estimate of drug-likeness (QED) is 0.650. The summed E-state index contributed by atoms with van der Waals surface area (Å²) in [4.78, 5) is 53.3. The second-order valence-corrected chi connectivity index (χ2v) is 8.26. The van der Waals surface area contributed by atoms with Gasteiger partial charge < -0.3 is 0 Å². The number of Topliss-reactive ketones (excluding diaryl/α,β-unsaturated/α-hetero) is 4. The highest BCUT2D eigenvalue weighted by molar-refractivity contribution is 6.23. The Labute approximate surface area is 185 Å². The van der Waals surface area contributed by atoms with Gasteiger partial charge in [-0.1, -0.05) is 72.9 Å². The van der Waals surface area contributed by atoms with Crippen LogP contribution in [0.1, 0.15) is 41.4 Å². The normalized spacial score (nSPS) is 25.8. The van der Waals surface area contributed by atoms with Gasteiger partial charge in [-0.25, -0.2) is 0 Å². The lowest BCUT2D eigenvalue weighted by molar-refractivity contribution is 0.0801. The van der Waals surface area contributed by atoms with E-state index in [1.165, 1.54) is 12.2 Å². The van der Waals surface area contributed by atoms with Gasteiger partial charge in [-0.2, -0.15) is 0 Å². The summed E-state index contributed by atoms with van der Waals surface area (Å²) in [5, 5.41) is 0. The van der Waals surface area contributed by atoms with Gasteiger partial charge in [-0.15, -0.1) is 13.2 Å². The molecule has 5 rings (SSSR count). The molecule has 0 aromatic heterocycles. The largest absolute Gasteiger partial charge is 0.293 e. The first kappa shape index (κ1) is 20.0. The fourth-order valence-corrected chi connectivity index (χ4v) is 5.13. The van der Waals surface area contributed by atoms with Crippen molar-refractivity contribution >= 4 is 23.1 Å². The summed E-state index contributed by atoms with van der Waals surface area (Å²) in [5.41, 5.74) is 2.23. The summed E-state index contributed by atoms with van der Waals surface area (Å²) in [6.07, 6.45) is 10.0. The minimum Gasteiger partial charge on any atom is -0.293 e. The molecule has 4 unspecified atom stereocenters. The molecule has 2 aromatic carbocycles. The maximum absolute atomic E-state index is 13.5. The molecule has 156 valence electrons. The highest BCUT2D eigenvalue weighted by Crippen LogP contribution is 2.42. The molecule has 0 N–H and O–H groups in total. The lowest BCUT2D eigenvalue weighted by Crippen LogP contribution is -2.36. The van der Waals surface area contributed by atoms with Gasteiger partial charge in [0.05, 0.1) is 23.7 Å². The first-order valence-electron chi connectivity index (χ1n) is 10.5. The van der Waals surface area contributed by atoms with E-state index in [-0.39, 0.29) is 28.7 Å². The number of carbonyl (C=O) groups excluding carboxylic acids is 4. The van der Waals surface area contributed by atoms with Gasteiger partial charge in [0.1, 0.15) is 0 Å². The van der Waals surface area contributed by atoms with Crippen molar-refractivity contribution in [2.45, 2.75) is 0 Å². The van der Waals surface area contributed by atoms with Crippen molar-refractivity contribution in [1.82, 2.24) is 0 Å². The predicted molar refractivity (Wildman–Crippen MR) is 122 cm³/mol. The maximum atomic E-state index is 13.5. The van der Waals surface area contributed by atoms with Gasteiger partial charge in [-0.05, 0) is 11.1 Å². The Morgan fingerprint density at radius 3 is 1.56 bits per heavy atom. The maximum Gasteiger partial charge on any atom is 0.172 e. The van der Waals surface area contributed by atoms with E-state index in [2.05, 4.69) is 13.2 Å². The van der Waals surface area contributed by atoms with E-state index in [0.29, 0.717) is 27.8 Å². The third kappa shape index (κ3) is 2.62. The fourth-order valence-electron chi connectivity index (χ4n) is 5.13. The van der Waals surface area contributed by atoms with E-state index in [0.717, 1.165) is 0 Å². The van der Waals surface area contributed by atoms with Gasteiger partial charge in [0.15, 0.2) is 23.1 Å². The summed E-state index contributed by atoms with van der Waals surface area (Å²) in [6, 6.07) is 10.2. The molecule has 3 aliphatic carbocycles. The molecule has 0 heterocycles. The molecule has 0 amide bonds. The Kier molecular flexibility index (Phi) is 4.59. The molecule has 32 heavy (non-hydrogen) atoms. The van der Waals surface area contributed by atoms with Crippen molar-refractivity contribution in [1.29, 1.82) is 0 Å². The van der Waals surface area contributed by atoms with Crippen LogP contribution in [0.3, 0.4) is 0 Å². The van der Waals surface area contributed by atoms with Gasteiger partial charge in [-0.3, -0.25) is 19.2 Å². The van der Waals surface area contributed by atoms with Crippen LogP contribution in [0.15, 0.2) is 86.0 Å². The average molecular weight is 420 g/mol. The molecule has 4 atom stereocenters. The van der Waals surface area contributed by atoms with Crippen LogP contribution >= 0.6 is 0 Å². The highest BCUT2D eigenvalue weighted by Gasteiger charge is 2.43. The number of carbonyl (C=O) groups is 4. The van der Waals surface area contributed by atoms with E-state index in [9.17, 15) is 19.2 Å². The van der Waals surface area contributed by atoms with Crippen LogP contribution in [0.2, 0.25) is 0 Å². The number of hydrogen-bond acceptors (Lipinski definition) is 4. The second-order valence-electron chi connectivity index (χ2n) is 8.26. The van der Waals surface area contributed by atoms with Crippen molar-refractivity contribution < 1.29 is 19.2 Å². The standard InChI is InChI=1S/C28H20O4/c1-3-15-16(4-2)27(31)23-17(11-7-13-21(23)25(15)29)18-12-8-14-22-24(18)28(32)20-10-6-5-9-19(20)26(22)30/h3-16,19-20H,1-2H2. The SMILES string of the molecule is C=CC1C(=O)c2cccc(-c3cccc4c3C(=O)C3C=CC=CC3C4=O)c2C(=O)C1C=C. The van der Waals surface area contributed by atoms with Crippen LogP contribution in [0.5, 0.6) is 0 Å². The molecule has 4 nitrogen and oxygen atoms in total. The number of fused-ring (bicyclic) bond motifs is 3. The zero-order chi connectivity index (χ0) is 22.6. The Balaban J connectivity index is 1.77. The zero-order valence-electron chi connectivity index (χ0n) is 17.3. The van der Waals surface area contributed by atoms with E-state index in [1.54, 1.807) is 60.7 Å². The fraction of sp³-hybridized carbons (Fsp3) is 0.143. The third-order valence-electron chi connectivity index (χ3n) is 6.68. The Hall–Kier alpha value is -3.92. The van der Waals surface area contributed by atoms with E-state index >= 15 is 0 Å². The van der Waals surface area contributed by atoms with Crippen LogP contribution in [0, 0.1) is 23.7 Å². The molecule has 0 radical (unpaired) electrons. The smallest absolute Gasteiger partial charge is 0.172 e. The van der Waals surface area contributed by atoms with Crippen LogP contribution in [-0.4, -0.2) is 23.1 Å².